The van der Waals surface area contributed by atoms with Gasteiger partial charge in [0, 0.05) is 6.04 Å². The SMILES string of the molecule is NCCC[C@@H](CS(=O)(=O)O)NC(=O)[C@@H](N)Cc1ccccc1. The van der Waals surface area contributed by atoms with Gasteiger partial charge >= 0.3 is 0 Å². The van der Waals surface area contributed by atoms with Gasteiger partial charge in [-0.1, -0.05) is 30.3 Å². The van der Waals surface area contributed by atoms with Crippen LogP contribution in [-0.2, 0) is 21.3 Å². The van der Waals surface area contributed by atoms with Crippen LogP contribution in [0.3, 0.4) is 0 Å². The number of nitrogens with one attached hydrogen (secondary N) is 1. The standard InChI is InChI=1S/C14H23N3O4S/c15-8-4-7-12(10-22(19,20)21)17-14(18)13(16)9-11-5-2-1-3-6-11/h1-3,5-6,12-13H,4,7-10,15-16H2,(H,17,18)(H,19,20,21)/t12-,13-/m0/s1. The van der Waals surface area contributed by atoms with E-state index in [0.717, 1.165) is 5.56 Å². The molecule has 1 aromatic rings. The van der Waals surface area contributed by atoms with Gasteiger partial charge in [-0.05, 0) is 31.4 Å². The predicted molar refractivity (Wildman–Crippen MR) is 84.8 cm³/mol. The molecule has 22 heavy (non-hydrogen) atoms. The number of hydrogen-bond acceptors (Lipinski definition) is 5. The lowest BCUT2D eigenvalue weighted by Gasteiger charge is -2.20. The molecule has 0 aliphatic rings. The molecule has 7 nitrogen and oxygen atoms in total. The number of amides is 1. The van der Waals surface area contributed by atoms with E-state index in [4.69, 9.17) is 16.0 Å². The van der Waals surface area contributed by atoms with E-state index in [2.05, 4.69) is 5.32 Å². The van der Waals surface area contributed by atoms with Crippen LogP contribution in [0.2, 0.25) is 0 Å². The summed E-state index contributed by atoms with van der Waals surface area (Å²) in [6.45, 7) is 0.369. The molecule has 124 valence electrons. The Labute approximate surface area is 130 Å². The van der Waals surface area contributed by atoms with Crippen molar-refractivity contribution in [3.05, 3.63) is 35.9 Å². The van der Waals surface area contributed by atoms with Gasteiger partial charge in [-0.25, -0.2) is 0 Å². The number of carbonyl (C=O) groups is 1. The number of carbonyl (C=O) groups excluding carboxylic acids is 1. The largest absolute Gasteiger partial charge is 0.351 e. The van der Waals surface area contributed by atoms with E-state index in [1.54, 1.807) is 0 Å². The topological polar surface area (TPSA) is 136 Å². The second-order valence-corrected chi connectivity index (χ2v) is 6.68. The summed E-state index contributed by atoms with van der Waals surface area (Å²) >= 11 is 0. The molecule has 1 amide bonds. The second-order valence-electron chi connectivity index (χ2n) is 5.18. The van der Waals surface area contributed by atoms with Gasteiger partial charge in [0.25, 0.3) is 10.1 Å². The normalized spacial score (nSPS) is 14.3. The number of nitrogens with two attached hydrogens (primary N) is 2. The summed E-state index contributed by atoms with van der Waals surface area (Å²) in [5.74, 6) is -0.994. The summed E-state index contributed by atoms with van der Waals surface area (Å²) in [7, 11) is -4.18. The molecule has 0 bridgehead atoms. The van der Waals surface area contributed by atoms with Crippen LogP contribution < -0.4 is 16.8 Å². The third-order valence-electron chi connectivity index (χ3n) is 3.15. The average molecular weight is 329 g/mol. The zero-order valence-electron chi connectivity index (χ0n) is 12.3. The molecule has 0 aliphatic heterocycles. The number of hydrogen-bond donors (Lipinski definition) is 4. The van der Waals surface area contributed by atoms with Gasteiger partial charge in [-0.3, -0.25) is 9.35 Å². The van der Waals surface area contributed by atoms with Gasteiger partial charge in [-0.2, -0.15) is 8.42 Å². The molecule has 0 aromatic heterocycles. The highest BCUT2D eigenvalue weighted by Gasteiger charge is 2.22. The number of benzene rings is 1. The first-order valence-electron chi connectivity index (χ1n) is 7.07. The lowest BCUT2D eigenvalue weighted by molar-refractivity contribution is -0.122. The first-order valence-corrected chi connectivity index (χ1v) is 8.68. The molecule has 0 heterocycles. The highest BCUT2D eigenvalue weighted by atomic mass is 32.2. The Hall–Kier alpha value is -1.48. The van der Waals surface area contributed by atoms with Gasteiger partial charge < -0.3 is 16.8 Å². The first kappa shape index (κ1) is 18.6. The summed E-state index contributed by atoms with van der Waals surface area (Å²) in [6.07, 6.45) is 1.25. The summed E-state index contributed by atoms with van der Waals surface area (Å²) in [4.78, 5) is 12.1. The molecule has 0 unspecified atom stereocenters. The van der Waals surface area contributed by atoms with Crippen molar-refractivity contribution in [1.82, 2.24) is 5.32 Å². The fourth-order valence-electron chi connectivity index (χ4n) is 2.08. The van der Waals surface area contributed by atoms with Gasteiger partial charge in [0.15, 0.2) is 0 Å². The Morgan fingerprint density at radius 2 is 1.91 bits per heavy atom. The summed E-state index contributed by atoms with van der Waals surface area (Å²) in [6, 6.07) is 7.79. The van der Waals surface area contributed by atoms with Crippen LogP contribution in [0, 0.1) is 0 Å². The minimum Gasteiger partial charge on any atom is -0.351 e. The van der Waals surface area contributed by atoms with Crippen molar-refractivity contribution in [2.75, 3.05) is 12.3 Å². The highest BCUT2D eigenvalue weighted by molar-refractivity contribution is 7.85. The Bertz CT molecular complexity index is 563. The van der Waals surface area contributed by atoms with Crippen molar-refractivity contribution < 1.29 is 17.8 Å². The summed E-state index contributed by atoms with van der Waals surface area (Å²) in [5, 5.41) is 2.57. The smallest absolute Gasteiger partial charge is 0.266 e. The molecule has 2 atom stereocenters. The molecule has 6 N–H and O–H groups in total. The quantitative estimate of drug-likeness (QED) is 0.458. The molecule has 0 saturated carbocycles. The Morgan fingerprint density at radius 1 is 1.27 bits per heavy atom. The average Bonchev–Trinajstić information content (AvgIpc) is 2.44. The monoisotopic (exact) mass is 329 g/mol. The zero-order valence-corrected chi connectivity index (χ0v) is 13.1. The molecule has 1 aromatic carbocycles. The van der Waals surface area contributed by atoms with Crippen LogP contribution in [0.25, 0.3) is 0 Å². The molecular formula is C14H23N3O4S. The maximum absolute atomic E-state index is 12.1. The van der Waals surface area contributed by atoms with Gasteiger partial charge in [-0.15, -0.1) is 0 Å². The minimum atomic E-state index is -4.18. The van der Waals surface area contributed by atoms with Crippen LogP contribution in [0.1, 0.15) is 18.4 Å². The van der Waals surface area contributed by atoms with Crippen molar-refractivity contribution >= 4 is 16.0 Å². The zero-order chi connectivity index (χ0) is 16.6. The van der Waals surface area contributed by atoms with Crippen molar-refractivity contribution in [1.29, 1.82) is 0 Å². The van der Waals surface area contributed by atoms with Crippen LogP contribution in [0.4, 0.5) is 0 Å². The maximum atomic E-state index is 12.1. The molecule has 0 saturated heterocycles. The third kappa shape index (κ3) is 7.51. The van der Waals surface area contributed by atoms with Crippen molar-refractivity contribution in [3.8, 4) is 0 Å². The predicted octanol–water partition coefficient (Wildman–Crippen LogP) is -0.332. The van der Waals surface area contributed by atoms with Gasteiger partial charge in [0.1, 0.15) is 0 Å². The van der Waals surface area contributed by atoms with Crippen molar-refractivity contribution in [3.63, 3.8) is 0 Å². The molecule has 1 rings (SSSR count). The summed E-state index contributed by atoms with van der Waals surface area (Å²) < 4.78 is 30.9. The molecule has 0 aliphatic carbocycles. The van der Waals surface area contributed by atoms with Crippen molar-refractivity contribution in [2.45, 2.75) is 31.3 Å². The second kappa shape index (κ2) is 8.84. The van der Waals surface area contributed by atoms with E-state index in [9.17, 15) is 13.2 Å². The fraction of sp³-hybridized carbons (Fsp3) is 0.500. The lowest BCUT2D eigenvalue weighted by Crippen LogP contribution is -2.48. The first-order chi connectivity index (χ1) is 10.3. The van der Waals surface area contributed by atoms with Crippen LogP contribution >= 0.6 is 0 Å². The van der Waals surface area contributed by atoms with E-state index in [1.807, 2.05) is 30.3 Å². The van der Waals surface area contributed by atoms with E-state index in [0.29, 0.717) is 25.8 Å². The Morgan fingerprint density at radius 3 is 2.45 bits per heavy atom. The maximum Gasteiger partial charge on any atom is 0.266 e. The van der Waals surface area contributed by atoms with Crippen LogP contribution in [0.15, 0.2) is 30.3 Å². The van der Waals surface area contributed by atoms with Gasteiger partial charge in [0.05, 0.1) is 11.8 Å². The lowest BCUT2D eigenvalue weighted by atomic mass is 10.1. The van der Waals surface area contributed by atoms with E-state index in [1.165, 1.54) is 0 Å². The minimum absolute atomic E-state index is 0.349. The summed E-state index contributed by atoms with van der Waals surface area (Å²) in [5.41, 5.74) is 12.1. The Kier molecular flexibility index (Phi) is 7.46. The fourth-order valence-corrected chi connectivity index (χ4v) is 2.84. The molecule has 0 fully saturated rings. The number of rotatable bonds is 9. The molecule has 0 spiro atoms. The highest BCUT2D eigenvalue weighted by Crippen LogP contribution is 2.04. The van der Waals surface area contributed by atoms with Crippen LogP contribution in [0.5, 0.6) is 0 Å². The van der Waals surface area contributed by atoms with E-state index >= 15 is 0 Å². The molecule has 8 heteroatoms. The van der Waals surface area contributed by atoms with Crippen molar-refractivity contribution in [2.24, 2.45) is 11.5 Å². The van der Waals surface area contributed by atoms with Gasteiger partial charge in [0.2, 0.25) is 5.91 Å². The van der Waals surface area contributed by atoms with E-state index in [-0.39, 0.29) is 0 Å². The third-order valence-corrected chi connectivity index (χ3v) is 3.97. The molecular weight excluding hydrogens is 306 g/mol. The Balaban J connectivity index is 2.60. The molecule has 0 radical (unpaired) electrons. The van der Waals surface area contributed by atoms with Crippen LogP contribution in [-0.4, -0.2) is 43.3 Å². The van der Waals surface area contributed by atoms with E-state index < -0.39 is 33.9 Å².